The molecule has 2 N–H and O–H groups in total. The Labute approximate surface area is 87.0 Å². The van der Waals surface area contributed by atoms with Crippen molar-refractivity contribution >= 4 is 5.78 Å². The number of rotatable bonds is 8. The van der Waals surface area contributed by atoms with Gasteiger partial charge < -0.3 is 10.5 Å². The second-order valence-corrected chi connectivity index (χ2v) is 3.90. The molecule has 0 aliphatic heterocycles. The molecule has 0 aromatic heterocycles. The van der Waals surface area contributed by atoms with E-state index in [1.807, 2.05) is 6.92 Å². The normalized spacial score (nSPS) is 15.1. The summed E-state index contributed by atoms with van der Waals surface area (Å²) in [6.45, 7) is 4.68. The molecule has 3 nitrogen and oxygen atoms in total. The Hall–Kier alpha value is -0.410. The molecule has 0 aromatic rings. The SMILES string of the molecule is CCCC(N)CC(=O)C(C)CCOC. The third-order valence-corrected chi connectivity index (χ3v) is 2.43. The van der Waals surface area contributed by atoms with Crippen molar-refractivity contribution in [2.75, 3.05) is 13.7 Å². The Kier molecular flexibility index (Phi) is 7.71. The molecule has 3 heteroatoms. The highest BCUT2D eigenvalue weighted by molar-refractivity contribution is 5.81. The zero-order valence-corrected chi connectivity index (χ0v) is 9.58. The third kappa shape index (κ3) is 6.11. The predicted molar refractivity (Wildman–Crippen MR) is 58.2 cm³/mol. The summed E-state index contributed by atoms with van der Waals surface area (Å²) in [7, 11) is 1.65. The van der Waals surface area contributed by atoms with E-state index in [-0.39, 0.29) is 17.7 Å². The zero-order valence-electron chi connectivity index (χ0n) is 9.58. The molecule has 0 heterocycles. The van der Waals surface area contributed by atoms with E-state index < -0.39 is 0 Å². The summed E-state index contributed by atoms with van der Waals surface area (Å²) in [6, 6.07) is 0.0393. The van der Waals surface area contributed by atoms with Crippen LogP contribution in [0.3, 0.4) is 0 Å². The van der Waals surface area contributed by atoms with Crippen molar-refractivity contribution in [3.63, 3.8) is 0 Å². The molecule has 0 bridgehead atoms. The first kappa shape index (κ1) is 13.6. The van der Waals surface area contributed by atoms with Crippen LogP contribution in [0.25, 0.3) is 0 Å². The van der Waals surface area contributed by atoms with Gasteiger partial charge in [-0.1, -0.05) is 20.3 Å². The first-order valence-electron chi connectivity index (χ1n) is 5.39. The van der Waals surface area contributed by atoms with Gasteiger partial charge in [-0.15, -0.1) is 0 Å². The molecule has 0 aromatic carbocycles. The van der Waals surface area contributed by atoms with Crippen LogP contribution in [0.4, 0.5) is 0 Å². The van der Waals surface area contributed by atoms with Crippen molar-refractivity contribution in [2.24, 2.45) is 11.7 Å². The number of ether oxygens (including phenoxy) is 1. The van der Waals surface area contributed by atoms with E-state index in [4.69, 9.17) is 10.5 Å². The van der Waals surface area contributed by atoms with Crippen LogP contribution in [0.1, 0.15) is 39.5 Å². The van der Waals surface area contributed by atoms with Crippen LogP contribution in [0.2, 0.25) is 0 Å². The maximum Gasteiger partial charge on any atom is 0.137 e. The van der Waals surface area contributed by atoms with Crippen molar-refractivity contribution in [2.45, 2.75) is 45.6 Å². The van der Waals surface area contributed by atoms with Crippen LogP contribution in [0.15, 0.2) is 0 Å². The van der Waals surface area contributed by atoms with Gasteiger partial charge in [0.2, 0.25) is 0 Å². The van der Waals surface area contributed by atoms with Crippen molar-refractivity contribution in [3.8, 4) is 0 Å². The van der Waals surface area contributed by atoms with Crippen molar-refractivity contribution in [3.05, 3.63) is 0 Å². The fourth-order valence-corrected chi connectivity index (χ4v) is 1.39. The summed E-state index contributed by atoms with van der Waals surface area (Å²) in [5.41, 5.74) is 5.80. The molecule has 2 unspecified atom stereocenters. The van der Waals surface area contributed by atoms with Crippen LogP contribution in [-0.4, -0.2) is 25.5 Å². The number of hydrogen-bond donors (Lipinski definition) is 1. The van der Waals surface area contributed by atoms with Gasteiger partial charge in [-0.25, -0.2) is 0 Å². The fourth-order valence-electron chi connectivity index (χ4n) is 1.39. The first-order chi connectivity index (χ1) is 6.61. The van der Waals surface area contributed by atoms with E-state index in [1.54, 1.807) is 7.11 Å². The Balaban J connectivity index is 3.71. The number of carbonyl (C=O) groups is 1. The topological polar surface area (TPSA) is 52.3 Å². The molecular weight excluding hydrogens is 178 g/mol. The van der Waals surface area contributed by atoms with E-state index >= 15 is 0 Å². The van der Waals surface area contributed by atoms with E-state index in [0.29, 0.717) is 13.0 Å². The lowest BCUT2D eigenvalue weighted by atomic mass is 9.96. The van der Waals surface area contributed by atoms with Gasteiger partial charge in [-0.2, -0.15) is 0 Å². The molecule has 0 saturated heterocycles. The Morgan fingerprint density at radius 1 is 1.43 bits per heavy atom. The molecule has 0 rings (SSSR count). The van der Waals surface area contributed by atoms with Crippen molar-refractivity contribution in [1.29, 1.82) is 0 Å². The summed E-state index contributed by atoms with van der Waals surface area (Å²) in [6.07, 6.45) is 3.29. The summed E-state index contributed by atoms with van der Waals surface area (Å²) in [5.74, 6) is 0.348. The van der Waals surface area contributed by atoms with Crippen LogP contribution >= 0.6 is 0 Å². The summed E-state index contributed by atoms with van der Waals surface area (Å²) < 4.78 is 4.93. The summed E-state index contributed by atoms with van der Waals surface area (Å²) in [4.78, 5) is 11.6. The monoisotopic (exact) mass is 201 g/mol. The van der Waals surface area contributed by atoms with Gasteiger partial charge >= 0.3 is 0 Å². The van der Waals surface area contributed by atoms with E-state index in [0.717, 1.165) is 19.3 Å². The average Bonchev–Trinajstić information content (AvgIpc) is 2.14. The Morgan fingerprint density at radius 3 is 2.57 bits per heavy atom. The van der Waals surface area contributed by atoms with Crippen LogP contribution in [0.5, 0.6) is 0 Å². The molecule has 14 heavy (non-hydrogen) atoms. The molecule has 84 valence electrons. The minimum absolute atomic E-state index is 0.0393. The van der Waals surface area contributed by atoms with Crippen LogP contribution in [-0.2, 0) is 9.53 Å². The van der Waals surface area contributed by atoms with Gasteiger partial charge in [0.1, 0.15) is 5.78 Å². The van der Waals surface area contributed by atoms with Gasteiger partial charge in [0.15, 0.2) is 0 Å². The first-order valence-corrected chi connectivity index (χ1v) is 5.39. The number of carbonyl (C=O) groups excluding carboxylic acids is 1. The number of Topliss-reactive ketones (excluding diaryl/α,β-unsaturated/α-hetero) is 1. The second kappa shape index (κ2) is 7.94. The minimum Gasteiger partial charge on any atom is -0.385 e. The molecule has 0 spiro atoms. The lowest BCUT2D eigenvalue weighted by Gasteiger charge is -2.13. The zero-order chi connectivity index (χ0) is 11.0. The highest BCUT2D eigenvalue weighted by Gasteiger charge is 2.15. The smallest absolute Gasteiger partial charge is 0.137 e. The van der Waals surface area contributed by atoms with E-state index in [1.165, 1.54) is 0 Å². The molecule has 0 amide bonds. The molecular formula is C11H23NO2. The number of hydrogen-bond acceptors (Lipinski definition) is 3. The molecule has 0 fully saturated rings. The van der Waals surface area contributed by atoms with Gasteiger partial charge in [0, 0.05) is 32.1 Å². The van der Waals surface area contributed by atoms with Gasteiger partial charge in [-0.3, -0.25) is 4.79 Å². The molecule has 0 radical (unpaired) electrons. The van der Waals surface area contributed by atoms with Gasteiger partial charge in [-0.05, 0) is 12.8 Å². The molecule has 2 atom stereocenters. The van der Waals surface area contributed by atoms with E-state index in [9.17, 15) is 4.79 Å². The summed E-state index contributed by atoms with van der Waals surface area (Å²) in [5, 5.41) is 0. The lowest BCUT2D eigenvalue weighted by molar-refractivity contribution is -0.123. The summed E-state index contributed by atoms with van der Waals surface area (Å²) >= 11 is 0. The maximum atomic E-state index is 11.6. The minimum atomic E-state index is 0.0393. The van der Waals surface area contributed by atoms with Gasteiger partial charge in [0.05, 0.1) is 0 Å². The maximum absolute atomic E-state index is 11.6. The second-order valence-electron chi connectivity index (χ2n) is 3.90. The highest BCUT2D eigenvalue weighted by Crippen LogP contribution is 2.09. The number of nitrogens with two attached hydrogens (primary N) is 1. The Morgan fingerprint density at radius 2 is 2.07 bits per heavy atom. The van der Waals surface area contributed by atoms with E-state index in [2.05, 4.69) is 6.92 Å². The standard InChI is InChI=1S/C11H23NO2/c1-4-5-10(12)8-11(13)9(2)6-7-14-3/h9-10H,4-8,12H2,1-3H3. The lowest BCUT2D eigenvalue weighted by Crippen LogP contribution is -2.26. The number of methoxy groups -OCH3 is 1. The van der Waals surface area contributed by atoms with Gasteiger partial charge in [0.25, 0.3) is 0 Å². The third-order valence-electron chi connectivity index (χ3n) is 2.43. The number of ketones is 1. The quantitative estimate of drug-likeness (QED) is 0.651. The fraction of sp³-hybridized carbons (Fsp3) is 0.909. The van der Waals surface area contributed by atoms with Crippen LogP contribution < -0.4 is 5.73 Å². The Bertz CT molecular complexity index is 159. The van der Waals surface area contributed by atoms with Crippen LogP contribution in [0, 0.1) is 5.92 Å². The molecule has 0 aliphatic carbocycles. The predicted octanol–water partition coefficient (Wildman–Crippen LogP) is 1.75. The average molecular weight is 201 g/mol. The molecule has 0 aliphatic rings. The van der Waals surface area contributed by atoms with Crippen molar-refractivity contribution in [1.82, 2.24) is 0 Å². The molecule has 0 saturated carbocycles. The highest BCUT2D eigenvalue weighted by atomic mass is 16.5. The van der Waals surface area contributed by atoms with Crippen molar-refractivity contribution < 1.29 is 9.53 Å². The largest absolute Gasteiger partial charge is 0.385 e.